The Morgan fingerprint density at radius 1 is 1.17 bits per heavy atom. The minimum Gasteiger partial charge on any atom is -0.388 e. The highest BCUT2D eigenvalue weighted by molar-refractivity contribution is 5.15. The molecule has 1 aliphatic carbocycles. The molecule has 2 atom stereocenters. The molecule has 0 radical (unpaired) electrons. The molecule has 3 heteroatoms. The summed E-state index contributed by atoms with van der Waals surface area (Å²) in [5.41, 5.74) is 6.55. The lowest BCUT2D eigenvalue weighted by molar-refractivity contribution is -0.0777. The Hall–Kier alpha value is -0.900. The summed E-state index contributed by atoms with van der Waals surface area (Å²) < 4.78 is 0. The monoisotopic (exact) mass is 246 g/mol. The summed E-state index contributed by atoms with van der Waals surface area (Å²) in [6.07, 6.45) is 2.26. The van der Waals surface area contributed by atoms with E-state index in [9.17, 15) is 5.11 Å². The molecule has 2 unspecified atom stereocenters. The van der Waals surface area contributed by atoms with Crippen LogP contribution in [0.1, 0.15) is 18.4 Å². The quantitative estimate of drug-likeness (QED) is 0.843. The van der Waals surface area contributed by atoms with Crippen LogP contribution in [-0.4, -0.2) is 35.2 Å². The molecule has 0 amide bonds. The molecule has 18 heavy (non-hydrogen) atoms. The lowest BCUT2D eigenvalue weighted by atomic mass is 9.80. The third-order valence-electron chi connectivity index (χ3n) is 4.81. The van der Waals surface area contributed by atoms with Gasteiger partial charge >= 0.3 is 0 Å². The van der Waals surface area contributed by atoms with Crippen LogP contribution in [0.15, 0.2) is 30.3 Å². The number of aliphatic hydroxyl groups is 1. The van der Waals surface area contributed by atoms with E-state index in [2.05, 4.69) is 35.2 Å². The zero-order valence-corrected chi connectivity index (χ0v) is 10.8. The molecule has 2 fully saturated rings. The standard InChI is InChI=1S/C15H22N2O/c16-11-15(18)13-6-7-14(15)10-17(9-13)8-12-4-2-1-3-5-12/h1-5,13-14,18H,6-11,16H2. The van der Waals surface area contributed by atoms with Gasteiger partial charge in [0.25, 0.3) is 0 Å². The van der Waals surface area contributed by atoms with Crippen LogP contribution in [0.5, 0.6) is 0 Å². The van der Waals surface area contributed by atoms with Gasteiger partial charge in [0.2, 0.25) is 0 Å². The van der Waals surface area contributed by atoms with Crippen molar-refractivity contribution in [3.05, 3.63) is 35.9 Å². The van der Waals surface area contributed by atoms with Crippen LogP contribution in [0.25, 0.3) is 0 Å². The molecule has 1 heterocycles. The van der Waals surface area contributed by atoms with Gasteiger partial charge < -0.3 is 10.8 Å². The number of hydrogen-bond donors (Lipinski definition) is 2. The van der Waals surface area contributed by atoms with Gasteiger partial charge in [-0.25, -0.2) is 0 Å². The summed E-state index contributed by atoms with van der Waals surface area (Å²) in [6.45, 7) is 3.38. The molecule has 3 rings (SSSR count). The van der Waals surface area contributed by atoms with E-state index in [4.69, 9.17) is 5.73 Å². The van der Waals surface area contributed by atoms with Crippen LogP contribution in [0.3, 0.4) is 0 Å². The van der Waals surface area contributed by atoms with Crippen LogP contribution >= 0.6 is 0 Å². The normalized spacial score (nSPS) is 35.9. The summed E-state index contributed by atoms with van der Waals surface area (Å²) in [4.78, 5) is 2.47. The minimum absolute atomic E-state index is 0.366. The van der Waals surface area contributed by atoms with Crippen LogP contribution < -0.4 is 5.73 Å². The van der Waals surface area contributed by atoms with Crippen LogP contribution in [0.2, 0.25) is 0 Å². The molecule has 1 saturated heterocycles. The van der Waals surface area contributed by atoms with Crippen molar-refractivity contribution >= 4 is 0 Å². The van der Waals surface area contributed by atoms with Crippen molar-refractivity contribution in [3.63, 3.8) is 0 Å². The number of hydrogen-bond acceptors (Lipinski definition) is 3. The van der Waals surface area contributed by atoms with Gasteiger partial charge in [-0.3, -0.25) is 4.90 Å². The number of benzene rings is 1. The first-order valence-corrected chi connectivity index (χ1v) is 6.91. The van der Waals surface area contributed by atoms with Crippen molar-refractivity contribution in [2.45, 2.75) is 25.0 Å². The lowest BCUT2D eigenvalue weighted by Crippen LogP contribution is -2.57. The lowest BCUT2D eigenvalue weighted by Gasteiger charge is -2.44. The zero-order chi connectivity index (χ0) is 12.6. The van der Waals surface area contributed by atoms with Crippen molar-refractivity contribution in [2.24, 2.45) is 17.6 Å². The van der Waals surface area contributed by atoms with Gasteiger partial charge in [-0.2, -0.15) is 0 Å². The predicted molar refractivity (Wildman–Crippen MR) is 71.9 cm³/mol. The molecule has 1 aliphatic heterocycles. The van der Waals surface area contributed by atoms with E-state index in [1.54, 1.807) is 0 Å². The topological polar surface area (TPSA) is 49.5 Å². The Bertz CT molecular complexity index is 392. The van der Waals surface area contributed by atoms with Gasteiger partial charge in [0.1, 0.15) is 0 Å². The average molecular weight is 246 g/mol. The van der Waals surface area contributed by atoms with Crippen molar-refractivity contribution in [1.29, 1.82) is 0 Å². The first kappa shape index (κ1) is 12.2. The Morgan fingerprint density at radius 3 is 2.33 bits per heavy atom. The number of nitrogens with two attached hydrogens (primary N) is 1. The molecule has 3 nitrogen and oxygen atoms in total. The van der Waals surface area contributed by atoms with E-state index in [0.717, 1.165) is 32.5 Å². The Kier molecular flexibility index (Phi) is 3.14. The highest BCUT2D eigenvalue weighted by Gasteiger charge is 2.51. The second-order valence-corrected chi connectivity index (χ2v) is 5.85. The first-order valence-electron chi connectivity index (χ1n) is 6.91. The Labute approximate surface area is 109 Å². The largest absolute Gasteiger partial charge is 0.388 e. The Balaban J connectivity index is 1.69. The summed E-state index contributed by atoms with van der Waals surface area (Å²) in [5.74, 6) is 0.731. The number of nitrogens with zero attached hydrogens (tertiary/aromatic N) is 1. The van der Waals surface area contributed by atoms with E-state index in [1.807, 2.05) is 0 Å². The molecule has 98 valence electrons. The summed E-state index contributed by atoms with van der Waals surface area (Å²) in [7, 11) is 0. The number of fused-ring (bicyclic) bond motifs is 2. The van der Waals surface area contributed by atoms with Gasteiger partial charge in [0, 0.05) is 38.0 Å². The third-order valence-corrected chi connectivity index (χ3v) is 4.81. The first-order chi connectivity index (χ1) is 8.72. The maximum Gasteiger partial charge on any atom is 0.0849 e. The van der Waals surface area contributed by atoms with E-state index in [0.29, 0.717) is 18.4 Å². The average Bonchev–Trinajstić information content (AvgIpc) is 2.59. The fourth-order valence-electron chi connectivity index (χ4n) is 3.74. The van der Waals surface area contributed by atoms with Gasteiger partial charge in [-0.15, -0.1) is 0 Å². The second-order valence-electron chi connectivity index (χ2n) is 5.85. The van der Waals surface area contributed by atoms with Crippen LogP contribution in [0, 0.1) is 11.8 Å². The molecule has 0 aromatic heterocycles. The summed E-state index contributed by atoms with van der Waals surface area (Å²) in [6, 6.07) is 10.6. The SMILES string of the molecule is NCC1(O)C2CCC1CN(Cc1ccccc1)C2. The van der Waals surface area contributed by atoms with Crippen molar-refractivity contribution < 1.29 is 5.11 Å². The number of likely N-dealkylation sites (tertiary alicyclic amines) is 1. The zero-order valence-electron chi connectivity index (χ0n) is 10.8. The molecule has 3 N–H and O–H groups in total. The van der Waals surface area contributed by atoms with Gasteiger partial charge in [-0.1, -0.05) is 30.3 Å². The molecule has 0 spiro atoms. The van der Waals surface area contributed by atoms with Gasteiger partial charge in [-0.05, 0) is 18.4 Å². The van der Waals surface area contributed by atoms with Crippen molar-refractivity contribution in [3.8, 4) is 0 Å². The third kappa shape index (κ3) is 1.96. The minimum atomic E-state index is -0.590. The van der Waals surface area contributed by atoms with E-state index < -0.39 is 5.60 Å². The predicted octanol–water partition coefficient (Wildman–Crippen LogP) is 1.22. The smallest absolute Gasteiger partial charge is 0.0849 e. The van der Waals surface area contributed by atoms with Gasteiger partial charge in [0.15, 0.2) is 0 Å². The molecular weight excluding hydrogens is 224 g/mol. The number of rotatable bonds is 3. The fourth-order valence-corrected chi connectivity index (χ4v) is 3.74. The number of piperidine rings is 1. The second kappa shape index (κ2) is 4.65. The molecule has 1 aromatic rings. The maximum absolute atomic E-state index is 10.6. The fraction of sp³-hybridized carbons (Fsp3) is 0.600. The summed E-state index contributed by atoms with van der Waals surface area (Å²) >= 11 is 0. The van der Waals surface area contributed by atoms with E-state index in [-0.39, 0.29) is 0 Å². The molecular formula is C15H22N2O. The molecule has 2 aliphatic rings. The van der Waals surface area contributed by atoms with Crippen molar-refractivity contribution in [1.82, 2.24) is 4.90 Å². The Morgan fingerprint density at radius 2 is 1.78 bits per heavy atom. The van der Waals surface area contributed by atoms with Crippen molar-refractivity contribution in [2.75, 3.05) is 19.6 Å². The molecule has 2 bridgehead atoms. The molecule has 1 aromatic carbocycles. The van der Waals surface area contributed by atoms with Crippen LogP contribution in [-0.2, 0) is 6.54 Å². The maximum atomic E-state index is 10.6. The van der Waals surface area contributed by atoms with E-state index in [1.165, 1.54) is 5.56 Å². The highest BCUT2D eigenvalue weighted by Crippen LogP contribution is 2.44. The highest BCUT2D eigenvalue weighted by atomic mass is 16.3. The molecule has 1 saturated carbocycles. The van der Waals surface area contributed by atoms with Crippen LogP contribution in [0.4, 0.5) is 0 Å². The van der Waals surface area contributed by atoms with Gasteiger partial charge in [0.05, 0.1) is 5.60 Å². The summed E-state index contributed by atoms with van der Waals surface area (Å²) in [5, 5.41) is 10.6. The van der Waals surface area contributed by atoms with E-state index >= 15 is 0 Å².